The molecule has 0 saturated carbocycles. The Balaban J connectivity index is 2.27. The van der Waals surface area contributed by atoms with Gasteiger partial charge in [0.2, 0.25) is 0 Å². The van der Waals surface area contributed by atoms with Crippen molar-refractivity contribution < 1.29 is 4.39 Å². The number of imidazole rings is 1. The van der Waals surface area contributed by atoms with Crippen molar-refractivity contribution in [3.63, 3.8) is 0 Å². The highest BCUT2D eigenvalue weighted by Gasteiger charge is 2.14. The smallest absolute Gasteiger partial charge is 0.147 e. The van der Waals surface area contributed by atoms with Crippen molar-refractivity contribution in [1.29, 1.82) is 0 Å². The Morgan fingerprint density at radius 3 is 2.68 bits per heavy atom. The Hall–Kier alpha value is -2.20. The lowest BCUT2D eigenvalue weighted by molar-refractivity contribution is 0.630. The lowest BCUT2D eigenvalue weighted by Crippen LogP contribution is -2.03. The number of hydrogen-bond acceptors (Lipinski definition) is 2. The fourth-order valence-electron chi connectivity index (χ4n) is 2.26. The number of nitrogens with zero attached hydrogens (tertiary/aromatic N) is 2. The van der Waals surface area contributed by atoms with E-state index < -0.39 is 0 Å². The summed E-state index contributed by atoms with van der Waals surface area (Å²) in [5.74, 6) is 0.356. The summed E-state index contributed by atoms with van der Waals surface area (Å²) < 4.78 is 15.8. The molecule has 0 saturated heterocycles. The van der Waals surface area contributed by atoms with Gasteiger partial charge in [-0.25, -0.2) is 9.37 Å². The molecule has 1 aromatic carbocycles. The second-order valence-corrected chi connectivity index (χ2v) is 4.36. The van der Waals surface area contributed by atoms with Crippen molar-refractivity contribution in [2.24, 2.45) is 5.73 Å². The maximum absolute atomic E-state index is 13.9. The Kier molecular flexibility index (Phi) is 3.01. The van der Waals surface area contributed by atoms with Gasteiger partial charge in [-0.05, 0) is 30.8 Å². The van der Waals surface area contributed by atoms with Crippen LogP contribution in [-0.2, 0) is 6.42 Å². The topological polar surface area (TPSA) is 43.3 Å². The van der Waals surface area contributed by atoms with Crippen LogP contribution in [0.2, 0.25) is 0 Å². The van der Waals surface area contributed by atoms with Crippen molar-refractivity contribution in [1.82, 2.24) is 9.38 Å². The summed E-state index contributed by atoms with van der Waals surface area (Å²) in [6, 6.07) is 12.5. The third-order valence-electron chi connectivity index (χ3n) is 3.12. The van der Waals surface area contributed by atoms with E-state index >= 15 is 0 Å². The molecule has 0 radical (unpaired) electrons. The predicted molar refractivity (Wildman–Crippen MR) is 73.3 cm³/mol. The normalized spacial score (nSPS) is 11.1. The van der Waals surface area contributed by atoms with Crippen LogP contribution in [0.15, 0.2) is 48.7 Å². The van der Waals surface area contributed by atoms with Crippen molar-refractivity contribution in [2.45, 2.75) is 6.42 Å². The van der Waals surface area contributed by atoms with Crippen LogP contribution in [0, 0.1) is 5.82 Å². The van der Waals surface area contributed by atoms with Gasteiger partial charge in [0.1, 0.15) is 11.6 Å². The molecule has 3 rings (SSSR count). The van der Waals surface area contributed by atoms with Gasteiger partial charge in [0.05, 0.1) is 16.8 Å². The van der Waals surface area contributed by atoms with Gasteiger partial charge in [-0.15, -0.1) is 0 Å². The van der Waals surface area contributed by atoms with E-state index in [1.807, 2.05) is 34.9 Å². The summed E-state index contributed by atoms with van der Waals surface area (Å²) in [4.78, 5) is 4.55. The number of halogens is 1. The van der Waals surface area contributed by atoms with Gasteiger partial charge in [-0.2, -0.15) is 0 Å². The minimum Gasteiger partial charge on any atom is -0.330 e. The average molecular weight is 255 g/mol. The summed E-state index contributed by atoms with van der Waals surface area (Å²) in [6.07, 6.45) is 2.58. The van der Waals surface area contributed by atoms with Crippen molar-refractivity contribution >= 4 is 5.52 Å². The lowest BCUT2D eigenvalue weighted by atomic mass is 10.2. The minimum absolute atomic E-state index is 0.266. The fraction of sp³-hybridized carbons (Fsp3) is 0.133. The standard InChI is InChI=1S/C15H14FN3/c16-12-6-2-1-5-11(12)15-18-13(8-9-17)14-7-3-4-10-19(14)15/h1-7,10H,8-9,17H2. The van der Waals surface area contributed by atoms with E-state index in [0.717, 1.165) is 11.2 Å². The van der Waals surface area contributed by atoms with Gasteiger partial charge in [-0.3, -0.25) is 4.40 Å². The fourth-order valence-corrected chi connectivity index (χ4v) is 2.26. The van der Waals surface area contributed by atoms with Crippen molar-refractivity contribution in [3.8, 4) is 11.4 Å². The second-order valence-electron chi connectivity index (χ2n) is 4.36. The molecule has 2 heterocycles. The number of aromatic nitrogens is 2. The quantitative estimate of drug-likeness (QED) is 0.781. The van der Waals surface area contributed by atoms with Crippen molar-refractivity contribution in [2.75, 3.05) is 6.54 Å². The van der Waals surface area contributed by atoms with Crippen LogP contribution in [0.3, 0.4) is 0 Å². The molecule has 0 bridgehead atoms. The molecule has 2 N–H and O–H groups in total. The molecule has 0 aliphatic heterocycles. The van der Waals surface area contributed by atoms with E-state index in [-0.39, 0.29) is 5.82 Å². The first-order chi connectivity index (χ1) is 9.31. The first-order valence-corrected chi connectivity index (χ1v) is 6.22. The van der Waals surface area contributed by atoms with Crippen LogP contribution in [0.4, 0.5) is 4.39 Å². The first kappa shape index (κ1) is 11.9. The average Bonchev–Trinajstić information content (AvgIpc) is 2.79. The molecule has 0 aliphatic rings. The molecule has 19 heavy (non-hydrogen) atoms. The van der Waals surface area contributed by atoms with E-state index in [9.17, 15) is 4.39 Å². The monoisotopic (exact) mass is 255 g/mol. The summed E-state index contributed by atoms with van der Waals surface area (Å²) in [6.45, 7) is 0.526. The molecule has 96 valence electrons. The van der Waals surface area contributed by atoms with E-state index in [1.54, 1.807) is 12.1 Å². The molecule has 0 fully saturated rings. The Labute approximate surface area is 110 Å². The summed E-state index contributed by atoms with van der Waals surface area (Å²) in [7, 11) is 0. The highest BCUT2D eigenvalue weighted by molar-refractivity contribution is 5.65. The minimum atomic E-state index is -0.266. The maximum atomic E-state index is 13.9. The number of hydrogen-bond donors (Lipinski definition) is 1. The van der Waals surface area contributed by atoms with Gasteiger partial charge in [-0.1, -0.05) is 18.2 Å². The molecular weight excluding hydrogens is 241 g/mol. The van der Waals surface area contributed by atoms with Crippen LogP contribution in [0.5, 0.6) is 0 Å². The van der Waals surface area contributed by atoms with Crippen LogP contribution in [0.25, 0.3) is 16.9 Å². The van der Waals surface area contributed by atoms with Gasteiger partial charge < -0.3 is 5.73 Å². The highest BCUT2D eigenvalue weighted by Crippen LogP contribution is 2.25. The Morgan fingerprint density at radius 1 is 1.11 bits per heavy atom. The van der Waals surface area contributed by atoms with E-state index in [0.29, 0.717) is 24.4 Å². The van der Waals surface area contributed by atoms with Gasteiger partial charge >= 0.3 is 0 Å². The molecule has 4 heteroatoms. The number of fused-ring (bicyclic) bond motifs is 1. The largest absolute Gasteiger partial charge is 0.330 e. The highest BCUT2D eigenvalue weighted by atomic mass is 19.1. The lowest BCUT2D eigenvalue weighted by Gasteiger charge is -2.01. The van der Waals surface area contributed by atoms with Gasteiger partial charge in [0.15, 0.2) is 0 Å². The summed E-state index contributed by atoms with van der Waals surface area (Å²) >= 11 is 0. The zero-order valence-corrected chi connectivity index (χ0v) is 10.4. The second kappa shape index (κ2) is 4.82. The molecule has 2 aromatic heterocycles. The number of benzene rings is 1. The zero-order chi connectivity index (χ0) is 13.2. The maximum Gasteiger partial charge on any atom is 0.147 e. The zero-order valence-electron chi connectivity index (χ0n) is 10.4. The molecule has 0 amide bonds. The number of pyridine rings is 1. The first-order valence-electron chi connectivity index (χ1n) is 6.22. The Bertz CT molecular complexity index is 718. The van der Waals surface area contributed by atoms with E-state index in [1.165, 1.54) is 6.07 Å². The van der Waals surface area contributed by atoms with E-state index in [2.05, 4.69) is 4.98 Å². The SMILES string of the molecule is NCCc1nc(-c2ccccc2F)n2ccccc12. The molecule has 0 spiro atoms. The molecular formula is C15H14FN3. The van der Waals surface area contributed by atoms with Crippen LogP contribution < -0.4 is 5.73 Å². The van der Waals surface area contributed by atoms with Crippen LogP contribution in [0.1, 0.15) is 5.69 Å². The number of rotatable bonds is 3. The van der Waals surface area contributed by atoms with Crippen molar-refractivity contribution in [3.05, 3.63) is 60.2 Å². The molecule has 3 nitrogen and oxygen atoms in total. The predicted octanol–water partition coefficient (Wildman–Crippen LogP) is 2.64. The Morgan fingerprint density at radius 2 is 1.89 bits per heavy atom. The number of nitrogens with two attached hydrogens (primary N) is 1. The molecule has 0 atom stereocenters. The molecule has 0 unspecified atom stereocenters. The summed E-state index contributed by atoms with van der Waals surface area (Å²) in [5.41, 5.74) is 7.99. The third kappa shape index (κ3) is 2.00. The van der Waals surface area contributed by atoms with Gasteiger partial charge in [0.25, 0.3) is 0 Å². The molecule has 3 aromatic rings. The van der Waals surface area contributed by atoms with E-state index in [4.69, 9.17) is 5.73 Å². The third-order valence-corrected chi connectivity index (χ3v) is 3.12. The molecule has 0 aliphatic carbocycles. The van der Waals surface area contributed by atoms with Gasteiger partial charge in [0, 0.05) is 12.6 Å². The van der Waals surface area contributed by atoms with Crippen LogP contribution in [-0.4, -0.2) is 15.9 Å². The van der Waals surface area contributed by atoms with Crippen LogP contribution >= 0.6 is 0 Å². The summed E-state index contributed by atoms with van der Waals surface area (Å²) in [5, 5.41) is 0.